The molecule has 0 spiro atoms. The van der Waals surface area contributed by atoms with Crippen LogP contribution in [0.15, 0.2) is 61.7 Å². The van der Waals surface area contributed by atoms with E-state index in [1.54, 1.807) is 12.1 Å². The van der Waals surface area contributed by atoms with E-state index in [2.05, 4.69) is 31.8 Å². The molecular weight excluding hydrogens is 483 g/mol. The molecule has 3 aromatic heterocycles. The van der Waals surface area contributed by atoms with Crippen LogP contribution in [0.4, 0.5) is 15.9 Å². The van der Waals surface area contributed by atoms with Crippen LogP contribution < -0.4 is 10.1 Å². The summed E-state index contributed by atoms with van der Waals surface area (Å²) in [4.78, 5) is 29.9. The predicted octanol–water partition coefficient (Wildman–Crippen LogP) is 5.36. The first-order chi connectivity index (χ1) is 17.5. The molecule has 0 saturated carbocycles. The second kappa shape index (κ2) is 10.3. The molecule has 0 bridgehead atoms. The van der Waals surface area contributed by atoms with Crippen LogP contribution in [0.1, 0.15) is 30.0 Å². The van der Waals surface area contributed by atoms with Crippen molar-refractivity contribution >= 4 is 40.0 Å². The summed E-state index contributed by atoms with van der Waals surface area (Å²) in [7, 11) is 0. The van der Waals surface area contributed by atoms with Crippen LogP contribution in [0.2, 0.25) is 5.02 Å². The fourth-order valence-electron chi connectivity index (χ4n) is 4.45. The summed E-state index contributed by atoms with van der Waals surface area (Å²) < 4.78 is 19.5. The molecule has 10 heteroatoms. The van der Waals surface area contributed by atoms with E-state index in [4.69, 9.17) is 16.3 Å². The molecule has 1 aliphatic heterocycles. The molecule has 2 N–H and O–H groups in total. The molecule has 8 nitrogen and oxygen atoms in total. The summed E-state index contributed by atoms with van der Waals surface area (Å²) in [6.45, 7) is 4.91. The first-order valence-corrected chi connectivity index (χ1v) is 11.9. The maximum Gasteiger partial charge on any atom is 0.245 e. The zero-order valence-electron chi connectivity index (χ0n) is 19.4. The van der Waals surface area contributed by atoms with E-state index < -0.39 is 5.82 Å². The van der Waals surface area contributed by atoms with Gasteiger partial charge < -0.3 is 19.9 Å². The summed E-state index contributed by atoms with van der Waals surface area (Å²) in [5, 5.41) is 4.62. The van der Waals surface area contributed by atoms with E-state index in [1.807, 2.05) is 17.2 Å². The van der Waals surface area contributed by atoms with Crippen LogP contribution in [0.5, 0.6) is 5.75 Å². The van der Waals surface area contributed by atoms with Gasteiger partial charge in [0.15, 0.2) is 0 Å². The molecule has 4 heterocycles. The van der Waals surface area contributed by atoms with Crippen LogP contribution in [0, 0.1) is 5.82 Å². The highest BCUT2D eigenvalue weighted by molar-refractivity contribution is 6.32. The lowest BCUT2D eigenvalue weighted by Crippen LogP contribution is -2.36. The zero-order valence-corrected chi connectivity index (χ0v) is 20.1. The van der Waals surface area contributed by atoms with E-state index in [-0.39, 0.29) is 24.1 Å². The molecule has 0 aliphatic carbocycles. The first-order valence-electron chi connectivity index (χ1n) is 11.6. The highest BCUT2D eigenvalue weighted by Crippen LogP contribution is 2.37. The number of halogens is 2. The molecule has 0 radical (unpaired) electrons. The number of carbonyl (C=O) groups is 1. The van der Waals surface area contributed by atoms with Gasteiger partial charge in [-0.25, -0.2) is 14.4 Å². The Bertz CT molecular complexity index is 1420. The number of rotatable bonds is 7. The molecule has 1 aromatic carbocycles. The number of hydrogen-bond donors (Lipinski definition) is 2. The van der Waals surface area contributed by atoms with Crippen LogP contribution in [-0.2, 0) is 11.4 Å². The molecule has 0 atom stereocenters. The Morgan fingerprint density at radius 1 is 1.28 bits per heavy atom. The Morgan fingerprint density at radius 2 is 2.11 bits per heavy atom. The van der Waals surface area contributed by atoms with Crippen molar-refractivity contribution in [3.63, 3.8) is 0 Å². The average Bonchev–Trinajstić information content (AvgIpc) is 3.34. The highest BCUT2D eigenvalue weighted by atomic mass is 35.5. The van der Waals surface area contributed by atoms with Crippen LogP contribution in [0.3, 0.4) is 0 Å². The Morgan fingerprint density at radius 3 is 2.86 bits per heavy atom. The van der Waals surface area contributed by atoms with Gasteiger partial charge in [0.1, 0.15) is 41.7 Å². The Kier molecular flexibility index (Phi) is 6.81. The normalized spacial score (nSPS) is 14.1. The van der Waals surface area contributed by atoms with Crippen LogP contribution >= 0.6 is 11.6 Å². The number of fused-ring (bicyclic) bond motifs is 1. The van der Waals surface area contributed by atoms with Crippen molar-refractivity contribution in [2.75, 3.05) is 18.4 Å². The van der Waals surface area contributed by atoms with Gasteiger partial charge in [-0.15, -0.1) is 0 Å². The monoisotopic (exact) mass is 506 g/mol. The van der Waals surface area contributed by atoms with Crippen molar-refractivity contribution in [1.82, 2.24) is 24.8 Å². The molecule has 0 unspecified atom stereocenters. The minimum absolute atomic E-state index is 0.0321. The average molecular weight is 507 g/mol. The number of H-pyrrole nitrogens is 1. The van der Waals surface area contributed by atoms with Gasteiger partial charge in [-0.2, -0.15) is 0 Å². The van der Waals surface area contributed by atoms with E-state index >= 15 is 0 Å². The third kappa shape index (κ3) is 4.87. The van der Waals surface area contributed by atoms with Crippen molar-refractivity contribution < 1.29 is 13.9 Å². The second-order valence-corrected chi connectivity index (χ2v) is 8.89. The van der Waals surface area contributed by atoms with Crippen molar-refractivity contribution in [2.45, 2.75) is 25.4 Å². The molecule has 36 heavy (non-hydrogen) atoms. The topological polar surface area (TPSA) is 96.0 Å². The minimum Gasteiger partial charge on any atom is -0.486 e. The van der Waals surface area contributed by atoms with Gasteiger partial charge >= 0.3 is 0 Å². The number of piperidine rings is 1. The lowest BCUT2D eigenvalue weighted by Gasteiger charge is -2.31. The summed E-state index contributed by atoms with van der Waals surface area (Å²) in [5.41, 5.74) is 2.77. The smallest absolute Gasteiger partial charge is 0.245 e. The lowest BCUT2D eigenvalue weighted by molar-refractivity contribution is -0.127. The van der Waals surface area contributed by atoms with Crippen molar-refractivity contribution in [2.24, 2.45) is 0 Å². The van der Waals surface area contributed by atoms with Crippen molar-refractivity contribution in [1.29, 1.82) is 0 Å². The van der Waals surface area contributed by atoms with E-state index in [1.165, 1.54) is 30.7 Å². The number of aromatic nitrogens is 4. The van der Waals surface area contributed by atoms with Gasteiger partial charge in [-0.05, 0) is 60.7 Å². The number of nitrogens with zero attached hydrogens (tertiary/aromatic N) is 4. The molecule has 5 rings (SSSR count). The van der Waals surface area contributed by atoms with Crippen molar-refractivity contribution in [3.8, 4) is 5.75 Å². The number of pyridine rings is 1. The van der Waals surface area contributed by atoms with Gasteiger partial charge in [0.2, 0.25) is 5.91 Å². The summed E-state index contributed by atoms with van der Waals surface area (Å²) >= 11 is 6.45. The molecule has 184 valence electrons. The number of carbonyl (C=O) groups excluding carboxylic acids is 1. The van der Waals surface area contributed by atoms with Crippen LogP contribution in [0.25, 0.3) is 11.0 Å². The van der Waals surface area contributed by atoms with E-state index in [9.17, 15) is 9.18 Å². The Balaban J connectivity index is 1.33. The maximum atomic E-state index is 13.8. The number of ether oxygens (including phenoxy) is 1. The quantitative estimate of drug-likeness (QED) is 0.328. The Hall–Kier alpha value is -3.98. The number of anilines is 2. The fraction of sp³-hybridized carbons (Fsp3) is 0.231. The third-order valence-electron chi connectivity index (χ3n) is 6.32. The zero-order chi connectivity index (χ0) is 25.1. The molecular formula is C26H24ClFN6O2. The standard InChI is InChI=1S/C26H24ClFN6O2/c1-2-23(35)34-10-7-16(8-11-34)18-13-30-25-24(18)26(32-15-31-25)33-17-5-6-22(19(27)12-17)36-14-21-20(28)4-3-9-29-21/h2-6,9,12-13,15-16H,1,7-8,10-11,14H2,(H2,30,31,32,33). The molecule has 1 aliphatic rings. The number of aromatic amines is 1. The summed E-state index contributed by atoms with van der Waals surface area (Å²) in [6.07, 6.45) is 8.03. The number of benzene rings is 1. The van der Waals surface area contributed by atoms with Gasteiger partial charge in [0.05, 0.1) is 10.4 Å². The summed E-state index contributed by atoms with van der Waals surface area (Å²) in [6, 6.07) is 8.12. The number of nitrogens with one attached hydrogen (secondary N) is 2. The summed E-state index contributed by atoms with van der Waals surface area (Å²) in [5.74, 6) is 0.877. The highest BCUT2D eigenvalue weighted by Gasteiger charge is 2.26. The maximum absolute atomic E-state index is 13.8. The van der Waals surface area contributed by atoms with Gasteiger partial charge in [-0.1, -0.05) is 18.2 Å². The fourth-order valence-corrected chi connectivity index (χ4v) is 4.68. The number of hydrogen-bond acceptors (Lipinski definition) is 6. The largest absolute Gasteiger partial charge is 0.486 e. The molecule has 4 aromatic rings. The minimum atomic E-state index is -0.431. The third-order valence-corrected chi connectivity index (χ3v) is 6.61. The molecule has 1 saturated heterocycles. The molecule has 1 fully saturated rings. The van der Waals surface area contributed by atoms with Gasteiger partial charge in [0, 0.05) is 31.2 Å². The first kappa shape index (κ1) is 23.7. The van der Waals surface area contributed by atoms with E-state index in [0.717, 1.165) is 35.1 Å². The predicted molar refractivity (Wildman–Crippen MR) is 136 cm³/mol. The Labute approximate surface area is 212 Å². The lowest BCUT2D eigenvalue weighted by atomic mass is 9.89. The molecule has 1 amide bonds. The van der Waals surface area contributed by atoms with Gasteiger partial charge in [-0.3, -0.25) is 9.78 Å². The van der Waals surface area contributed by atoms with Crippen molar-refractivity contribution in [3.05, 3.63) is 83.8 Å². The van der Waals surface area contributed by atoms with E-state index in [0.29, 0.717) is 29.7 Å². The number of likely N-dealkylation sites (tertiary alicyclic amines) is 1. The van der Waals surface area contributed by atoms with Gasteiger partial charge in [0.25, 0.3) is 0 Å². The van der Waals surface area contributed by atoms with Crippen LogP contribution in [-0.4, -0.2) is 43.8 Å². The number of amides is 1. The second-order valence-electron chi connectivity index (χ2n) is 8.48. The SMILES string of the molecule is C=CC(=O)N1CCC(c2c[nH]c3ncnc(Nc4ccc(OCc5ncccc5F)c(Cl)c4)c23)CC1.